The smallest absolute Gasteiger partial charge is 0.0471 e. The van der Waals surface area contributed by atoms with E-state index in [4.69, 9.17) is 0 Å². The maximum absolute atomic E-state index is 4.05. The monoisotopic (exact) mass is 178 g/mol. The van der Waals surface area contributed by atoms with Crippen LogP contribution in [0.25, 0.3) is 6.08 Å². The molecule has 0 aromatic carbocycles. The Morgan fingerprint density at radius 2 is 2.00 bits per heavy atom. The molecule has 0 saturated carbocycles. The minimum atomic E-state index is 1.05. The van der Waals surface area contributed by atoms with Crippen molar-refractivity contribution >= 4 is 11.8 Å². The van der Waals surface area contributed by atoms with Gasteiger partial charge in [0.15, 0.2) is 0 Å². The minimum Gasteiger partial charge on any atom is -0.387 e. The molecule has 1 aromatic heterocycles. The van der Waals surface area contributed by atoms with E-state index in [2.05, 4.69) is 16.9 Å². The zero-order chi connectivity index (χ0) is 10.3. The predicted molar refractivity (Wildman–Crippen MR) is 60.0 cm³/mol. The summed E-state index contributed by atoms with van der Waals surface area (Å²) in [5.41, 5.74) is 3.30. The largest absolute Gasteiger partial charge is 0.387 e. The zero-order valence-corrected chi connectivity index (χ0v) is 8.89. The van der Waals surface area contributed by atoms with Crippen molar-refractivity contribution in [3.05, 3.63) is 30.1 Å². The van der Waals surface area contributed by atoms with E-state index in [1.807, 2.05) is 34.0 Å². The molecular formula is C11H18N2. The van der Waals surface area contributed by atoms with Crippen LogP contribution < -0.4 is 5.32 Å². The van der Waals surface area contributed by atoms with Gasteiger partial charge >= 0.3 is 0 Å². The number of nitrogens with one attached hydrogen (secondary N) is 1. The first-order chi connectivity index (χ1) is 6.29. The highest BCUT2D eigenvalue weighted by Crippen LogP contribution is 2.18. The van der Waals surface area contributed by atoms with Gasteiger partial charge in [-0.25, -0.2) is 0 Å². The second kappa shape index (κ2) is 6.23. The number of hydrogen-bond donors (Lipinski definition) is 1. The van der Waals surface area contributed by atoms with Gasteiger partial charge in [-0.3, -0.25) is 4.98 Å². The van der Waals surface area contributed by atoms with Gasteiger partial charge in [-0.05, 0) is 12.5 Å². The van der Waals surface area contributed by atoms with Gasteiger partial charge in [-0.2, -0.15) is 0 Å². The van der Waals surface area contributed by atoms with E-state index in [1.165, 1.54) is 0 Å². The van der Waals surface area contributed by atoms with Crippen LogP contribution in [-0.2, 0) is 0 Å². The van der Waals surface area contributed by atoms with Gasteiger partial charge in [0, 0.05) is 30.7 Å². The van der Waals surface area contributed by atoms with Crippen molar-refractivity contribution in [3.8, 4) is 0 Å². The van der Waals surface area contributed by atoms with E-state index in [9.17, 15) is 0 Å². The molecule has 0 spiro atoms. The third kappa shape index (κ3) is 2.90. The van der Waals surface area contributed by atoms with Crippen LogP contribution in [0.2, 0.25) is 0 Å². The third-order valence-electron chi connectivity index (χ3n) is 1.63. The van der Waals surface area contributed by atoms with Gasteiger partial charge in [0.25, 0.3) is 0 Å². The van der Waals surface area contributed by atoms with Crippen molar-refractivity contribution < 1.29 is 0 Å². The molecule has 72 valence electrons. The van der Waals surface area contributed by atoms with Crippen molar-refractivity contribution in [2.75, 3.05) is 12.4 Å². The van der Waals surface area contributed by atoms with Crippen LogP contribution in [0.4, 0.5) is 5.69 Å². The third-order valence-corrected chi connectivity index (χ3v) is 1.63. The molecule has 0 bridgehead atoms. The molecule has 1 N–H and O–H groups in total. The van der Waals surface area contributed by atoms with E-state index in [1.54, 1.807) is 12.3 Å². The molecular weight excluding hydrogens is 160 g/mol. The Labute approximate surface area is 80.7 Å². The molecule has 0 aliphatic rings. The van der Waals surface area contributed by atoms with E-state index < -0.39 is 0 Å². The van der Waals surface area contributed by atoms with Crippen LogP contribution >= 0.6 is 0 Å². The Kier molecular flexibility index (Phi) is 5.60. The number of aryl methyl sites for hydroxylation is 1. The number of aromatic nitrogens is 1. The zero-order valence-electron chi connectivity index (χ0n) is 8.89. The van der Waals surface area contributed by atoms with Crippen molar-refractivity contribution in [1.29, 1.82) is 0 Å². The summed E-state index contributed by atoms with van der Waals surface area (Å²) in [7, 11) is 1.90. The van der Waals surface area contributed by atoms with E-state index in [0.717, 1.165) is 16.8 Å². The highest BCUT2D eigenvalue weighted by molar-refractivity contribution is 5.67. The summed E-state index contributed by atoms with van der Waals surface area (Å²) in [6.45, 7) is 9.72. The van der Waals surface area contributed by atoms with Crippen molar-refractivity contribution in [2.24, 2.45) is 0 Å². The fourth-order valence-electron chi connectivity index (χ4n) is 1.08. The van der Waals surface area contributed by atoms with Gasteiger partial charge in [-0.15, -0.1) is 0 Å². The van der Waals surface area contributed by atoms with Crippen LogP contribution in [-0.4, -0.2) is 12.0 Å². The summed E-state index contributed by atoms with van der Waals surface area (Å²) in [5.74, 6) is 0. The molecule has 0 atom stereocenters. The lowest BCUT2D eigenvalue weighted by atomic mass is 10.1. The first-order valence-electron chi connectivity index (χ1n) is 4.54. The molecule has 1 aromatic rings. The van der Waals surface area contributed by atoms with E-state index in [-0.39, 0.29) is 0 Å². The highest BCUT2D eigenvalue weighted by atomic mass is 14.8. The average molecular weight is 178 g/mol. The van der Waals surface area contributed by atoms with E-state index >= 15 is 0 Å². The van der Waals surface area contributed by atoms with Crippen molar-refractivity contribution in [3.63, 3.8) is 0 Å². The summed E-state index contributed by atoms with van der Waals surface area (Å²) in [6.07, 6.45) is 5.43. The molecule has 1 rings (SSSR count). The lowest BCUT2D eigenvalue weighted by Gasteiger charge is -2.06. The van der Waals surface area contributed by atoms with Crippen LogP contribution in [0.1, 0.15) is 25.0 Å². The fourth-order valence-corrected chi connectivity index (χ4v) is 1.08. The van der Waals surface area contributed by atoms with Crippen LogP contribution in [0.3, 0.4) is 0 Å². The maximum Gasteiger partial charge on any atom is 0.0471 e. The summed E-state index contributed by atoms with van der Waals surface area (Å²) in [5, 5.41) is 3.10. The SMILES string of the molecule is C=Cc1cncc(C)c1NC.CC. The molecule has 13 heavy (non-hydrogen) atoms. The molecule has 0 unspecified atom stereocenters. The lowest BCUT2D eigenvalue weighted by Crippen LogP contribution is -1.95. The quantitative estimate of drug-likeness (QED) is 0.752. The Bertz CT molecular complexity index is 267. The van der Waals surface area contributed by atoms with Crippen LogP contribution in [0.15, 0.2) is 19.0 Å². The maximum atomic E-state index is 4.05. The standard InChI is InChI=1S/C9H12N2.C2H6/c1-4-8-6-11-5-7(2)9(8)10-3;1-2/h4-6H,1H2,2-3H3,(H,10,11);1-2H3. The predicted octanol–water partition coefficient (Wildman–Crippen LogP) is 3.10. The molecule has 0 fully saturated rings. The summed E-state index contributed by atoms with van der Waals surface area (Å²) in [6, 6.07) is 0. The van der Waals surface area contributed by atoms with Gasteiger partial charge in [0.2, 0.25) is 0 Å². The van der Waals surface area contributed by atoms with Crippen molar-refractivity contribution in [2.45, 2.75) is 20.8 Å². The Morgan fingerprint density at radius 1 is 1.38 bits per heavy atom. The second-order valence-electron chi connectivity index (χ2n) is 2.37. The molecule has 0 radical (unpaired) electrons. The van der Waals surface area contributed by atoms with Gasteiger partial charge in [-0.1, -0.05) is 26.5 Å². The lowest BCUT2D eigenvalue weighted by molar-refractivity contribution is 1.25. The average Bonchev–Trinajstić information content (AvgIpc) is 2.20. The second-order valence-corrected chi connectivity index (χ2v) is 2.37. The molecule has 1 heterocycles. The number of pyridine rings is 1. The molecule has 2 heteroatoms. The number of hydrogen-bond acceptors (Lipinski definition) is 2. The topological polar surface area (TPSA) is 24.9 Å². The van der Waals surface area contributed by atoms with Crippen LogP contribution in [0, 0.1) is 6.92 Å². The molecule has 2 nitrogen and oxygen atoms in total. The Morgan fingerprint density at radius 3 is 2.38 bits per heavy atom. The van der Waals surface area contributed by atoms with Gasteiger partial charge in [0.1, 0.15) is 0 Å². The summed E-state index contributed by atoms with van der Waals surface area (Å²) < 4.78 is 0. The Balaban J connectivity index is 0.000000671. The molecule has 0 saturated heterocycles. The fraction of sp³-hybridized carbons (Fsp3) is 0.364. The summed E-state index contributed by atoms with van der Waals surface area (Å²) >= 11 is 0. The first kappa shape index (κ1) is 11.7. The van der Waals surface area contributed by atoms with Crippen LogP contribution in [0.5, 0.6) is 0 Å². The van der Waals surface area contributed by atoms with E-state index in [0.29, 0.717) is 0 Å². The van der Waals surface area contributed by atoms with Crippen molar-refractivity contribution in [1.82, 2.24) is 4.98 Å². The molecule has 0 aliphatic carbocycles. The molecule has 0 amide bonds. The normalized spacial score (nSPS) is 8.31. The number of anilines is 1. The Hall–Kier alpha value is -1.31. The number of rotatable bonds is 2. The first-order valence-corrected chi connectivity index (χ1v) is 4.54. The number of nitrogens with zero attached hydrogens (tertiary/aromatic N) is 1. The van der Waals surface area contributed by atoms with Gasteiger partial charge < -0.3 is 5.32 Å². The molecule has 0 aliphatic heterocycles. The summed E-state index contributed by atoms with van der Waals surface area (Å²) in [4.78, 5) is 4.05. The van der Waals surface area contributed by atoms with Gasteiger partial charge in [0.05, 0.1) is 0 Å². The highest BCUT2D eigenvalue weighted by Gasteiger charge is 1.99. The minimum absolute atomic E-state index is 1.05.